The quantitative estimate of drug-likeness (QED) is 0.561. The van der Waals surface area contributed by atoms with Crippen LogP contribution in [0.2, 0.25) is 0 Å². The van der Waals surface area contributed by atoms with Crippen LogP contribution in [0.15, 0.2) is 0 Å². The summed E-state index contributed by atoms with van der Waals surface area (Å²) in [6, 6.07) is 0. The molecule has 0 radical (unpaired) electrons. The third kappa shape index (κ3) is 7.48. The number of aliphatic hydroxyl groups excluding tert-OH is 1. The largest absolute Gasteiger partial charge is 0.396 e. The zero-order chi connectivity index (χ0) is 8.69. The van der Waals surface area contributed by atoms with Crippen LogP contribution >= 0.6 is 0 Å². The molecule has 0 aromatic heterocycles. The van der Waals surface area contributed by atoms with E-state index in [1.54, 1.807) is 6.26 Å². The Kier molecular flexibility index (Phi) is 6.06. The topological polar surface area (TPSA) is 66.4 Å². The Balaban J connectivity index is 3.24. The molecular formula is C6H13NO3S. The van der Waals surface area contributed by atoms with Gasteiger partial charge >= 0.3 is 0 Å². The van der Waals surface area contributed by atoms with Gasteiger partial charge in [0.25, 0.3) is 0 Å². The molecule has 0 rings (SSSR count). The second kappa shape index (κ2) is 6.30. The van der Waals surface area contributed by atoms with Crippen LogP contribution in [0.5, 0.6) is 0 Å². The second-order valence-electron chi connectivity index (χ2n) is 2.10. The van der Waals surface area contributed by atoms with Gasteiger partial charge in [0.1, 0.15) is 0 Å². The maximum Gasteiger partial charge on any atom is 0.222 e. The van der Waals surface area contributed by atoms with E-state index in [0.717, 1.165) is 0 Å². The number of rotatable bonds is 5. The molecule has 0 spiro atoms. The molecule has 0 aromatic rings. The van der Waals surface area contributed by atoms with E-state index >= 15 is 0 Å². The summed E-state index contributed by atoms with van der Waals surface area (Å²) in [6.07, 6.45) is 1.70. The van der Waals surface area contributed by atoms with E-state index in [1.807, 2.05) is 0 Å². The van der Waals surface area contributed by atoms with Crippen molar-refractivity contribution in [3.63, 3.8) is 0 Å². The monoisotopic (exact) mass is 179 g/mol. The lowest BCUT2D eigenvalue weighted by atomic mass is 10.4. The molecule has 0 saturated heterocycles. The van der Waals surface area contributed by atoms with Crippen LogP contribution in [-0.2, 0) is 15.6 Å². The Morgan fingerprint density at radius 3 is 2.73 bits per heavy atom. The Labute approximate surface area is 68.4 Å². The van der Waals surface area contributed by atoms with E-state index in [2.05, 4.69) is 5.32 Å². The molecule has 0 bridgehead atoms. The van der Waals surface area contributed by atoms with Crippen LogP contribution in [-0.4, -0.2) is 40.4 Å². The second-order valence-corrected chi connectivity index (χ2v) is 3.66. The highest BCUT2D eigenvalue weighted by molar-refractivity contribution is 7.84. The van der Waals surface area contributed by atoms with Gasteiger partial charge in [-0.25, -0.2) is 0 Å². The summed E-state index contributed by atoms with van der Waals surface area (Å²) in [6.45, 7) is 0.281. The van der Waals surface area contributed by atoms with Crippen molar-refractivity contribution in [2.45, 2.75) is 6.42 Å². The first kappa shape index (κ1) is 10.6. The summed E-state index contributed by atoms with van der Waals surface area (Å²) in [7, 11) is -0.863. The fourth-order valence-corrected chi connectivity index (χ4v) is 0.914. The van der Waals surface area contributed by atoms with Crippen molar-refractivity contribution >= 4 is 16.7 Å². The van der Waals surface area contributed by atoms with Gasteiger partial charge in [-0.05, 0) is 0 Å². The van der Waals surface area contributed by atoms with E-state index in [9.17, 15) is 9.00 Å². The Morgan fingerprint density at radius 1 is 1.64 bits per heavy atom. The van der Waals surface area contributed by atoms with Crippen molar-refractivity contribution in [2.24, 2.45) is 0 Å². The fraction of sp³-hybridized carbons (Fsp3) is 0.833. The summed E-state index contributed by atoms with van der Waals surface area (Å²) < 4.78 is 10.5. The predicted octanol–water partition coefficient (Wildman–Crippen LogP) is -1.14. The molecule has 0 aromatic carbocycles. The number of hydrogen-bond donors (Lipinski definition) is 2. The lowest BCUT2D eigenvalue weighted by molar-refractivity contribution is -0.121. The van der Waals surface area contributed by atoms with Gasteiger partial charge in [0, 0.05) is 35.8 Å². The van der Waals surface area contributed by atoms with Crippen LogP contribution in [0.4, 0.5) is 0 Å². The van der Waals surface area contributed by atoms with Crippen molar-refractivity contribution in [1.29, 1.82) is 0 Å². The van der Waals surface area contributed by atoms with E-state index in [1.165, 1.54) is 0 Å². The SMILES string of the molecule is CS(=O)CCNC(=O)CCO. The number of carbonyl (C=O) groups excluding carboxylic acids is 1. The molecule has 2 N–H and O–H groups in total. The molecule has 11 heavy (non-hydrogen) atoms. The van der Waals surface area contributed by atoms with Gasteiger partial charge in [0.15, 0.2) is 0 Å². The van der Waals surface area contributed by atoms with Crippen molar-refractivity contribution in [3.05, 3.63) is 0 Å². The van der Waals surface area contributed by atoms with Gasteiger partial charge < -0.3 is 10.4 Å². The zero-order valence-electron chi connectivity index (χ0n) is 6.50. The van der Waals surface area contributed by atoms with Crippen molar-refractivity contribution in [2.75, 3.05) is 25.2 Å². The van der Waals surface area contributed by atoms with Crippen LogP contribution in [0, 0.1) is 0 Å². The average Bonchev–Trinajstić information content (AvgIpc) is 1.87. The highest BCUT2D eigenvalue weighted by Crippen LogP contribution is 1.77. The van der Waals surface area contributed by atoms with E-state index in [0.29, 0.717) is 12.3 Å². The maximum atomic E-state index is 10.7. The fourth-order valence-electron chi connectivity index (χ4n) is 0.524. The smallest absolute Gasteiger partial charge is 0.222 e. The maximum absolute atomic E-state index is 10.7. The van der Waals surface area contributed by atoms with E-state index in [-0.39, 0.29) is 18.9 Å². The first-order chi connectivity index (χ1) is 5.16. The molecule has 0 aliphatic heterocycles. The highest BCUT2D eigenvalue weighted by Gasteiger charge is 1.98. The molecule has 4 nitrogen and oxygen atoms in total. The van der Waals surface area contributed by atoms with Crippen molar-refractivity contribution < 1.29 is 14.1 Å². The van der Waals surface area contributed by atoms with Gasteiger partial charge in [-0.3, -0.25) is 9.00 Å². The van der Waals surface area contributed by atoms with Crippen LogP contribution in [0.1, 0.15) is 6.42 Å². The first-order valence-electron chi connectivity index (χ1n) is 3.34. The zero-order valence-corrected chi connectivity index (χ0v) is 7.32. The Hall–Kier alpha value is -0.420. The summed E-state index contributed by atoms with van der Waals surface area (Å²) in [5.74, 6) is 0.273. The standard InChI is InChI=1S/C6H13NO3S/c1-11(10)5-3-7-6(9)2-4-8/h8H,2-5H2,1H3,(H,7,9). The summed E-state index contributed by atoms with van der Waals surface area (Å²) >= 11 is 0. The number of aliphatic hydroxyl groups is 1. The number of carbonyl (C=O) groups is 1. The summed E-state index contributed by atoms with van der Waals surface area (Å²) in [5.41, 5.74) is 0. The highest BCUT2D eigenvalue weighted by atomic mass is 32.2. The van der Waals surface area contributed by atoms with Gasteiger partial charge in [-0.1, -0.05) is 0 Å². The minimum atomic E-state index is -0.863. The van der Waals surface area contributed by atoms with Crippen LogP contribution in [0.25, 0.3) is 0 Å². The third-order valence-corrected chi connectivity index (χ3v) is 1.83. The number of amides is 1. The van der Waals surface area contributed by atoms with E-state index < -0.39 is 10.8 Å². The predicted molar refractivity (Wildman–Crippen MR) is 43.6 cm³/mol. The molecule has 0 aliphatic carbocycles. The normalized spacial score (nSPS) is 12.5. The lowest BCUT2D eigenvalue weighted by Gasteiger charge is -2.00. The van der Waals surface area contributed by atoms with Crippen molar-refractivity contribution in [1.82, 2.24) is 5.32 Å². The molecule has 0 saturated carbocycles. The molecule has 0 fully saturated rings. The molecular weight excluding hydrogens is 166 g/mol. The number of nitrogens with one attached hydrogen (secondary N) is 1. The summed E-state index contributed by atoms with van der Waals surface area (Å²) in [4.78, 5) is 10.7. The molecule has 66 valence electrons. The van der Waals surface area contributed by atoms with Gasteiger partial charge in [-0.15, -0.1) is 0 Å². The summed E-state index contributed by atoms with van der Waals surface area (Å²) in [5, 5.41) is 10.8. The Bertz CT molecular complexity index is 149. The van der Waals surface area contributed by atoms with Crippen molar-refractivity contribution in [3.8, 4) is 0 Å². The van der Waals surface area contributed by atoms with Gasteiger partial charge in [-0.2, -0.15) is 0 Å². The van der Waals surface area contributed by atoms with Gasteiger partial charge in [0.2, 0.25) is 5.91 Å². The third-order valence-electron chi connectivity index (χ3n) is 1.05. The Morgan fingerprint density at radius 2 is 2.27 bits per heavy atom. The minimum Gasteiger partial charge on any atom is -0.396 e. The molecule has 1 atom stereocenters. The number of hydrogen-bond acceptors (Lipinski definition) is 3. The molecule has 0 aliphatic rings. The minimum absolute atomic E-state index is 0.121. The van der Waals surface area contributed by atoms with E-state index in [4.69, 9.17) is 5.11 Å². The molecule has 1 amide bonds. The van der Waals surface area contributed by atoms with Gasteiger partial charge in [0.05, 0.1) is 6.61 Å². The molecule has 5 heteroatoms. The average molecular weight is 179 g/mol. The molecule has 0 heterocycles. The van der Waals surface area contributed by atoms with Crippen LogP contribution in [0.3, 0.4) is 0 Å². The molecule has 1 unspecified atom stereocenters. The first-order valence-corrected chi connectivity index (χ1v) is 5.07. The van der Waals surface area contributed by atoms with Crippen LogP contribution < -0.4 is 5.32 Å². The lowest BCUT2D eigenvalue weighted by Crippen LogP contribution is -2.27.